The highest BCUT2D eigenvalue weighted by atomic mass is 35.5. The lowest BCUT2D eigenvalue weighted by molar-refractivity contribution is 0.223. The second kappa shape index (κ2) is 7.69. The summed E-state index contributed by atoms with van der Waals surface area (Å²) >= 11 is 12.3. The molecule has 7 nitrogen and oxygen atoms in total. The van der Waals surface area contributed by atoms with Crippen molar-refractivity contribution in [1.82, 2.24) is 10.1 Å². The highest BCUT2D eigenvalue weighted by Crippen LogP contribution is 2.39. The number of carbonyl (C=O) groups excluding carboxylic acids is 1. The van der Waals surface area contributed by atoms with E-state index in [-0.39, 0.29) is 24.5 Å². The minimum absolute atomic E-state index is 0.230. The molecule has 1 aromatic heterocycles. The van der Waals surface area contributed by atoms with E-state index in [1.54, 1.807) is 25.1 Å². The number of rotatable bonds is 4. The molecule has 0 saturated carbocycles. The second-order valence-electron chi connectivity index (χ2n) is 4.66. The quantitative estimate of drug-likeness (QED) is 0.830. The van der Waals surface area contributed by atoms with E-state index < -0.39 is 6.03 Å². The van der Waals surface area contributed by atoms with Gasteiger partial charge in [0.2, 0.25) is 0 Å². The van der Waals surface area contributed by atoms with Gasteiger partial charge in [-0.25, -0.2) is 4.79 Å². The Morgan fingerprint density at radius 1 is 1.29 bits per heavy atom. The van der Waals surface area contributed by atoms with Gasteiger partial charge in [0.05, 0.1) is 22.2 Å². The number of hydrogen-bond acceptors (Lipinski definition) is 5. The molecule has 2 amide bonds. The molecular weight excluding hydrogens is 353 g/mol. The summed E-state index contributed by atoms with van der Waals surface area (Å²) in [5, 5.41) is 24.7. The fourth-order valence-electron chi connectivity index (χ4n) is 1.97. The molecule has 0 fully saturated rings. The van der Waals surface area contributed by atoms with Crippen molar-refractivity contribution in [3.63, 3.8) is 0 Å². The van der Waals surface area contributed by atoms with Gasteiger partial charge in [-0.05, 0) is 19.1 Å². The first-order valence-electron chi connectivity index (χ1n) is 6.70. The Morgan fingerprint density at radius 3 is 2.42 bits per heavy atom. The Kier molecular flexibility index (Phi) is 5.64. The standard InChI is InChI=1S/C15H11Cl2N5O2/c1-9-13(20-15(23)22(7-5-18)8-6-19)14(21-24-9)12-10(16)3-2-4-11(12)17/h2-4H,7-8H2,1H3,(H,20,23). The Morgan fingerprint density at radius 2 is 1.88 bits per heavy atom. The highest BCUT2D eigenvalue weighted by molar-refractivity contribution is 6.39. The van der Waals surface area contributed by atoms with Crippen LogP contribution in [0.15, 0.2) is 22.7 Å². The summed E-state index contributed by atoms with van der Waals surface area (Å²) in [4.78, 5) is 13.3. The Bertz CT molecular complexity index is 814. The molecule has 0 aliphatic heterocycles. The van der Waals surface area contributed by atoms with E-state index in [0.29, 0.717) is 21.4 Å². The summed E-state index contributed by atoms with van der Waals surface area (Å²) in [7, 11) is 0. The molecule has 2 rings (SSSR count). The predicted octanol–water partition coefficient (Wildman–Crippen LogP) is 3.84. The molecule has 9 heteroatoms. The molecule has 122 valence electrons. The zero-order valence-electron chi connectivity index (χ0n) is 12.5. The van der Waals surface area contributed by atoms with Gasteiger partial charge < -0.3 is 9.84 Å². The van der Waals surface area contributed by atoms with E-state index in [2.05, 4.69) is 10.5 Å². The summed E-state index contributed by atoms with van der Waals surface area (Å²) in [6.07, 6.45) is 0. The molecular formula is C15H11Cl2N5O2. The summed E-state index contributed by atoms with van der Waals surface area (Å²) in [5.74, 6) is 0.336. The second-order valence-corrected chi connectivity index (χ2v) is 5.48. The fourth-order valence-corrected chi connectivity index (χ4v) is 2.55. The van der Waals surface area contributed by atoms with Crippen LogP contribution in [0.25, 0.3) is 11.3 Å². The van der Waals surface area contributed by atoms with Gasteiger partial charge in [0.1, 0.15) is 24.5 Å². The maximum absolute atomic E-state index is 12.3. The largest absolute Gasteiger partial charge is 0.359 e. The number of hydrogen-bond donors (Lipinski definition) is 1. The predicted molar refractivity (Wildman–Crippen MR) is 88.5 cm³/mol. The average Bonchev–Trinajstić information content (AvgIpc) is 2.88. The third kappa shape index (κ3) is 3.60. The first-order valence-corrected chi connectivity index (χ1v) is 7.45. The number of aromatic nitrogens is 1. The van der Waals surface area contributed by atoms with Crippen molar-refractivity contribution < 1.29 is 9.32 Å². The van der Waals surface area contributed by atoms with Crippen LogP contribution in [-0.2, 0) is 0 Å². The van der Waals surface area contributed by atoms with Gasteiger partial charge in [0.15, 0.2) is 5.76 Å². The number of nitrogens with one attached hydrogen (secondary N) is 1. The molecule has 1 heterocycles. The summed E-state index contributed by atoms with van der Waals surface area (Å²) in [6.45, 7) is 1.15. The number of amides is 2. The third-order valence-electron chi connectivity index (χ3n) is 3.10. The topological polar surface area (TPSA) is 106 Å². The molecule has 0 unspecified atom stereocenters. The Balaban J connectivity index is 2.40. The fraction of sp³-hybridized carbons (Fsp3) is 0.200. The van der Waals surface area contributed by atoms with Crippen molar-refractivity contribution in [3.05, 3.63) is 34.0 Å². The number of carbonyl (C=O) groups is 1. The van der Waals surface area contributed by atoms with Crippen LogP contribution >= 0.6 is 23.2 Å². The lowest BCUT2D eigenvalue weighted by Crippen LogP contribution is -2.35. The van der Waals surface area contributed by atoms with Crippen molar-refractivity contribution in [3.8, 4) is 23.4 Å². The van der Waals surface area contributed by atoms with E-state index in [1.807, 2.05) is 12.1 Å². The van der Waals surface area contributed by atoms with E-state index >= 15 is 0 Å². The maximum Gasteiger partial charge on any atom is 0.323 e. The van der Waals surface area contributed by atoms with Crippen LogP contribution in [0, 0.1) is 29.6 Å². The van der Waals surface area contributed by atoms with Crippen LogP contribution in [0.1, 0.15) is 5.76 Å². The summed E-state index contributed by atoms with van der Waals surface area (Å²) in [6, 6.07) is 7.97. The third-order valence-corrected chi connectivity index (χ3v) is 3.73. The molecule has 24 heavy (non-hydrogen) atoms. The first kappa shape index (κ1) is 17.6. The average molecular weight is 364 g/mol. The molecule has 0 atom stereocenters. The lowest BCUT2D eigenvalue weighted by atomic mass is 10.1. The van der Waals surface area contributed by atoms with Gasteiger partial charge in [0, 0.05) is 5.56 Å². The van der Waals surface area contributed by atoms with E-state index in [9.17, 15) is 4.79 Å². The Hall–Kier alpha value is -2.74. The normalized spacial score (nSPS) is 9.88. The van der Waals surface area contributed by atoms with Crippen LogP contribution < -0.4 is 5.32 Å². The molecule has 0 radical (unpaired) electrons. The molecule has 0 spiro atoms. The molecule has 1 N–H and O–H groups in total. The lowest BCUT2D eigenvalue weighted by Gasteiger charge is -2.16. The molecule has 0 aliphatic rings. The zero-order valence-corrected chi connectivity index (χ0v) is 14.0. The first-order chi connectivity index (χ1) is 11.5. The van der Waals surface area contributed by atoms with Gasteiger partial charge in [-0.1, -0.05) is 34.4 Å². The van der Waals surface area contributed by atoms with Gasteiger partial charge in [-0.15, -0.1) is 0 Å². The van der Waals surface area contributed by atoms with E-state index in [0.717, 1.165) is 4.90 Å². The van der Waals surface area contributed by atoms with Crippen LogP contribution in [0.2, 0.25) is 10.0 Å². The van der Waals surface area contributed by atoms with Gasteiger partial charge >= 0.3 is 6.03 Å². The summed E-state index contributed by atoms with van der Waals surface area (Å²) in [5.41, 5.74) is 0.960. The van der Waals surface area contributed by atoms with Gasteiger partial charge in [-0.3, -0.25) is 4.90 Å². The van der Waals surface area contributed by atoms with Crippen LogP contribution in [0.3, 0.4) is 0 Å². The van der Waals surface area contributed by atoms with E-state index in [4.69, 9.17) is 38.2 Å². The monoisotopic (exact) mass is 363 g/mol. The number of urea groups is 1. The van der Waals surface area contributed by atoms with Crippen molar-refractivity contribution in [2.45, 2.75) is 6.92 Å². The van der Waals surface area contributed by atoms with Crippen LogP contribution in [0.4, 0.5) is 10.5 Å². The molecule has 0 bridgehead atoms. The number of nitrogens with zero attached hydrogens (tertiary/aromatic N) is 4. The number of halogens is 2. The zero-order chi connectivity index (χ0) is 17.7. The van der Waals surface area contributed by atoms with Crippen LogP contribution in [0.5, 0.6) is 0 Å². The van der Waals surface area contributed by atoms with Crippen molar-refractivity contribution >= 4 is 34.9 Å². The maximum atomic E-state index is 12.3. The van der Waals surface area contributed by atoms with Crippen molar-refractivity contribution in [2.24, 2.45) is 0 Å². The minimum Gasteiger partial charge on any atom is -0.359 e. The molecule has 0 saturated heterocycles. The minimum atomic E-state index is -0.631. The smallest absolute Gasteiger partial charge is 0.323 e. The Labute approximate surface area is 148 Å². The molecule has 2 aromatic rings. The van der Waals surface area contributed by atoms with Gasteiger partial charge in [0.25, 0.3) is 0 Å². The number of anilines is 1. The number of nitriles is 2. The molecule has 0 aliphatic carbocycles. The summed E-state index contributed by atoms with van der Waals surface area (Å²) < 4.78 is 5.13. The molecule has 1 aromatic carbocycles. The number of benzene rings is 1. The highest BCUT2D eigenvalue weighted by Gasteiger charge is 2.23. The number of aryl methyl sites for hydroxylation is 1. The van der Waals surface area contributed by atoms with Crippen LogP contribution in [-0.4, -0.2) is 29.2 Å². The van der Waals surface area contributed by atoms with Crippen molar-refractivity contribution in [2.75, 3.05) is 18.4 Å². The SMILES string of the molecule is Cc1onc(-c2c(Cl)cccc2Cl)c1NC(=O)N(CC#N)CC#N. The van der Waals surface area contributed by atoms with Gasteiger partial charge in [-0.2, -0.15) is 10.5 Å². The van der Waals surface area contributed by atoms with Crippen molar-refractivity contribution in [1.29, 1.82) is 10.5 Å². The van der Waals surface area contributed by atoms with E-state index in [1.165, 1.54) is 0 Å².